The summed E-state index contributed by atoms with van der Waals surface area (Å²) in [4.78, 5) is 13.3. The molecule has 1 amide bonds. The number of anilines is 1. The third-order valence-corrected chi connectivity index (χ3v) is 5.71. The molecule has 0 atom stereocenters. The molecule has 0 fully saturated rings. The van der Waals surface area contributed by atoms with Crippen molar-refractivity contribution in [1.82, 2.24) is 30.0 Å². The topological polar surface area (TPSA) is 90.5 Å². The molecule has 8 heteroatoms. The minimum Gasteiger partial charge on any atom is -0.321 e. The first kappa shape index (κ1) is 19.2. The van der Waals surface area contributed by atoms with Crippen LogP contribution in [0.25, 0.3) is 11.4 Å². The van der Waals surface area contributed by atoms with Gasteiger partial charge in [-0.25, -0.2) is 9.36 Å². The van der Waals surface area contributed by atoms with E-state index in [1.807, 2.05) is 60.1 Å². The van der Waals surface area contributed by atoms with Gasteiger partial charge in [0.15, 0.2) is 5.69 Å². The van der Waals surface area contributed by atoms with Crippen LogP contribution < -0.4 is 5.32 Å². The van der Waals surface area contributed by atoms with E-state index in [4.69, 9.17) is 5.10 Å². The number of para-hydroxylation sites is 1. The first-order chi connectivity index (χ1) is 15.2. The molecule has 2 aromatic heterocycles. The van der Waals surface area contributed by atoms with Gasteiger partial charge in [-0.3, -0.25) is 4.79 Å². The van der Waals surface area contributed by atoms with Crippen LogP contribution in [0.3, 0.4) is 0 Å². The third-order valence-electron chi connectivity index (χ3n) is 5.71. The highest BCUT2D eigenvalue weighted by Crippen LogP contribution is 2.27. The van der Waals surface area contributed by atoms with E-state index in [0.717, 1.165) is 60.3 Å². The van der Waals surface area contributed by atoms with Crippen LogP contribution in [0.15, 0.2) is 54.9 Å². The fraction of sp³-hybridized carbons (Fsp3) is 0.261. The fourth-order valence-corrected chi connectivity index (χ4v) is 4.14. The molecule has 1 N–H and O–H groups in total. The largest absolute Gasteiger partial charge is 0.321 e. The van der Waals surface area contributed by atoms with Crippen molar-refractivity contribution in [2.45, 2.75) is 39.0 Å². The summed E-state index contributed by atoms with van der Waals surface area (Å²) in [6.45, 7) is 1.98. The standard InChI is InChI=1S/C23H23N7O/c1-16-12-13-17(14-21(16)29-15-24-27-28-29)25-23(31)22-19-10-6-3-7-11-20(19)30(26-22)18-8-4-2-5-9-18/h2,4-5,8-9,12-15H,3,6-7,10-11H2,1H3,(H,25,31). The zero-order chi connectivity index (χ0) is 21.2. The number of aryl methyl sites for hydroxylation is 1. The zero-order valence-corrected chi connectivity index (χ0v) is 17.3. The maximum atomic E-state index is 13.3. The Morgan fingerprint density at radius 1 is 1.03 bits per heavy atom. The predicted molar refractivity (Wildman–Crippen MR) is 117 cm³/mol. The van der Waals surface area contributed by atoms with E-state index in [2.05, 4.69) is 20.8 Å². The number of carbonyl (C=O) groups excluding carboxylic acids is 1. The summed E-state index contributed by atoms with van der Waals surface area (Å²) in [5, 5.41) is 19.1. The van der Waals surface area contributed by atoms with Crippen molar-refractivity contribution in [2.24, 2.45) is 0 Å². The normalized spacial score (nSPS) is 13.5. The second kappa shape index (κ2) is 8.14. The zero-order valence-electron chi connectivity index (χ0n) is 17.3. The Kier molecular flexibility index (Phi) is 5.03. The first-order valence-electron chi connectivity index (χ1n) is 10.5. The maximum Gasteiger partial charge on any atom is 0.276 e. The molecule has 1 aliphatic carbocycles. The Morgan fingerprint density at radius 2 is 1.87 bits per heavy atom. The lowest BCUT2D eigenvalue weighted by molar-refractivity contribution is 0.102. The number of hydrogen-bond acceptors (Lipinski definition) is 5. The summed E-state index contributed by atoms with van der Waals surface area (Å²) >= 11 is 0. The van der Waals surface area contributed by atoms with Crippen molar-refractivity contribution in [3.05, 3.63) is 77.4 Å². The number of rotatable bonds is 4. The highest BCUT2D eigenvalue weighted by molar-refractivity contribution is 6.04. The van der Waals surface area contributed by atoms with Gasteiger partial charge in [0.1, 0.15) is 6.33 Å². The fourth-order valence-electron chi connectivity index (χ4n) is 4.14. The van der Waals surface area contributed by atoms with Crippen LogP contribution in [-0.4, -0.2) is 35.9 Å². The molecule has 0 spiro atoms. The van der Waals surface area contributed by atoms with Crippen molar-refractivity contribution in [1.29, 1.82) is 0 Å². The number of nitrogens with zero attached hydrogens (tertiary/aromatic N) is 6. The number of tetrazole rings is 1. The van der Waals surface area contributed by atoms with Gasteiger partial charge < -0.3 is 5.32 Å². The van der Waals surface area contributed by atoms with Gasteiger partial charge in [0.2, 0.25) is 0 Å². The molecule has 1 aliphatic rings. The summed E-state index contributed by atoms with van der Waals surface area (Å²) in [5.74, 6) is -0.195. The summed E-state index contributed by atoms with van der Waals surface area (Å²) in [6, 6.07) is 15.7. The van der Waals surface area contributed by atoms with Gasteiger partial charge in [0.25, 0.3) is 5.91 Å². The Hall–Kier alpha value is -3.81. The molecular formula is C23H23N7O. The molecule has 2 aromatic carbocycles. The van der Waals surface area contributed by atoms with Gasteiger partial charge in [-0.15, -0.1) is 5.10 Å². The van der Waals surface area contributed by atoms with E-state index >= 15 is 0 Å². The summed E-state index contributed by atoms with van der Waals surface area (Å²) in [7, 11) is 0. The van der Waals surface area contributed by atoms with Gasteiger partial charge in [-0.1, -0.05) is 30.7 Å². The number of benzene rings is 2. The molecule has 0 bridgehead atoms. The molecule has 31 heavy (non-hydrogen) atoms. The maximum absolute atomic E-state index is 13.3. The van der Waals surface area contributed by atoms with Crippen molar-refractivity contribution >= 4 is 11.6 Å². The molecule has 156 valence electrons. The minimum atomic E-state index is -0.195. The van der Waals surface area contributed by atoms with Crippen LogP contribution in [0.2, 0.25) is 0 Å². The molecule has 0 aliphatic heterocycles. The van der Waals surface area contributed by atoms with E-state index in [-0.39, 0.29) is 5.91 Å². The van der Waals surface area contributed by atoms with Crippen LogP contribution in [0.4, 0.5) is 5.69 Å². The summed E-state index contributed by atoms with van der Waals surface area (Å²) in [6.07, 6.45) is 6.68. The quantitative estimate of drug-likeness (QED) is 0.516. The third kappa shape index (κ3) is 3.72. The van der Waals surface area contributed by atoms with E-state index in [1.165, 1.54) is 6.33 Å². The molecule has 2 heterocycles. The second-order valence-corrected chi connectivity index (χ2v) is 7.79. The summed E-state index contributed by atoms with van der Waals surface area (Å²) in [5.41, 5.74) is 6.20. The number of aromatic nitrogens is 6. The molecule has 0 radical (unpaired) electrons. The average Bonchev–Trinajstić information content (AvgIpc) is 3.38. The van der Waals surface area contributed by atoms with Gasteiger partial charge >= 0.3 is 0 Å². The molecule has 0 unspecified atom stereocenters. The Balaban J connectivity index is 1.50. The number of hydrogen-bond donors (Lipinski definition) is 1. The Morgan fingerprint density at radius 3 is 2.68 bits per heavy atom. The van der Waals surface area contributed by atoms with Crippen LogP contribution in [0.1, 0.15) is 46.6 Å². The second-order valence-electron chi connectivity index (χ2n) is 7.79. The van der Waals surface area contributed by atoms with Crippen LogP contribution >= 0.6 is 0 Å². The lowest BCUT2D eigenvalue weighted by atomic mass is 10.1. The van der Waals surface area contributed by atoms with Gasteiger partial charge in [-0.2, -0.15) is 5.10 Å². The molecule has 0 saturated heterocycles. The van der Waals surface area contributed by atoms with Crippen molar-refractivity contribution in [3.63, 3.8) is 0 Å². The predicted octanol–water partition coefficient (Wildman–Crippen LogP) is 3.68. The highest BCUT2D eigenvalue weighted by Gasteiger charge is 2.25. The Bertz CT molecular complexity index is 1210. The van der Waals surface area contributed by atoms with Gasteiger partial charge in [0, 0.05) is 16.9 Å². The van der Waals surface area contributed by atoms with Gasteiger partial charge in [0.05, 0.1) is 11.4 Å². The van der Waals surface area contributed by atoms with Crippen LogP contribution in [0.5, 0.6) is 0 Å². The first-order valence-corrected chi connectivity index (χ1v) is 10.5. The van der Waals surface area contributed by atoms with Crippen molar-refractivity contribution in [2.75, 3.05) is 5.32 Å². The number of nitrogens with one attached hydrogen (secondary N) is 1. The number of carbonyl (C=O) groups is 1. The molecule has 4 aromatic rings. The van der Waals surface area contributed by atoms with Crippen molar-refractivity contribution in [3.8, 4) is 11.4 Å². The van der Waals surface area contributed by atoms with E-state index in [1.54, 1.807) is 4.68 Å². The minimum absolute atomic E-state index is 0.195. The number of fused-ring (bicyclic) bond motifs is 1. The monoisotopic (exact) mass is 413 g/mol. The highest BCUT2D eigenvalue weighted by atomic mass is 16.2. The molecule has 5 rings (SSSR count). The molecule has 0 saturated carbocycles. The summed E-state index contributed by atoms with van der Waals surface area (Å²) < 4.78 is 3.53. The van der Waals surface area contributed by atoms with E-state index < -0.39 is 0 Å². The molecular weight excluding hydrogens is 390 g/mol. The smallest absolute Gasteiger partial charge is 0.276 e. The van der Waals surface area contributed by atoms with E-state index in [9.17, 15) is 4.79 Å². The lowest BCUT2D eigenvalue weighted by Gasteiger charge is -2.09. The van der Waals surface area contributed by atoms with Crippen LogP contribution in [0, 0.1) is 6.92 Å². The van der Waals surface area contributed by atoms with Crippen LogP contribution in [-0.2, 0) is 12.8 Å². The molecule has 8 nitrogen and oxygen atoms in total. The average molecular weight is 413 g/mol. The Labute approximate surface area is 179 Å². The van der Waals surface area contributed by atoms with E-state index in [0.29, 0.717) is 11.4 Å². The SMILES string of the molecule is Cc1ccc(NC(=O)c2nn(-c3ccccc3)c3c2CCCCC3)cc1-n1cnnn1. The van der Waals surface area contributed by atoms with Crippen molar-refractivity contribution < 1.29 is 4.79 Å². The lowest BCUT2D eigenvalue weighted by Crippen LogP contribution is -2.15. The number of amides is 1. The van der Waals surface area contributed by atoms with Gasteiger partial charge in [-0.05, 0) is 72.9 Å².